The van der Waals surface area contributed by atoms with Crippen molar-refractivity contribution >= 4 is 6.09 Å². The molecule has 0 heterocycles. The van der Waals surface area contributed by atoms with E-state index in [-0.39, 0.29) is 19.1 Å². The topological polar surface area (TPSA) is 78.8 Å². The normalized spacial score (nSPS) is 14.4. The number of carbonyl (C=O) groups excluding carboxylic acids is 1. The highest BCUT2D eigenvalue weighted by Crippen LogP contribution is 2.44. The number of hydrogen-bond acceptors (Lipinski definition) is 4. The molecule has 0 saturated carbocycles. The van der Waals surface area contributed by atoms with E-state index in [4.69, 9.17) is 4.74 Å². The van der Waals surface area contributed by atoms with Crippen LogP contribution in [-0.4, -0.2) is 35.6 Å². The Morgan fingerprint density at radius 2 is 1.61 bits per heavy atom. The van der Waals surface area contributed by atoms with E-state index in [9.17, 15) is 15.0 Å². The lowest BCUT2D eigenvalue weighted by Crippen LogP contribution is -2.36. The van der Waals surface area contributed by atoms with Gasteiger partial charge in [-0.25, -0.2) is 4.79 Å². The summed E-state index contributed by atoms with van der Waals surface area (Å²) in [5.74, 6) is -0.0227. The maximum Gasteiger partial charge on any atom is 0.407 e. The van der Waals surface area contributed by atoms with Crippen molar-refractivity contribution in [3.8, 4) is 11.1 Å². The lowest BCUT2D eigenvalue weighted by Gasteiger charge is -2.20. The molecule has 5 nitrogen and oxygen atoms in total. The summed E-state index contributed by atoms with van der Waals surface area (Å²) in [4.78, 5) is 12.3. The minimum absolute atomic E-state index is 0.0227. The number of aryl methyl sites for hydroxylation is 1. The summed E-state index contributed by atoms with van der Waals surface area (Å²) in [6, 6.07) is 23.7. The smallest absolute Gasteiger partial charge is 0.407 e. The summed E-state index contributed by atoms with van der Waals surface area (Å²) in [6.45, 7) is 2.13. The van der Waals surface area contributed by atoms with Crippen LogP contribution in [0.5, 0.6) is 0 Å². The highest BCUT2D eigenvalue weighted by Gasteiger charge is 2.29. The van der Waals surface area contributed by atoms with Gasteiger partial charge in [0.1, 0.15) is 18.8 Å². The fourth-order valence-corrected chi connectivity index (χ4v) is 4.17. The van der Waals surface area contributed by atoms with Crippen molar-refractivity contribution in [3.63, 3.8) is 0 Å². The van der Waals surface area contributed by atoms with E-state index in [0.29, 0.717) is 5.56 Å². The van der Waals surface area contributed by atoms with Crippen molar-refractivity contribution in [3.05, 3.63) is 95.1 Å². The average Bonchev–Trinajstić information content (AvgIpc) is 3.14. The Morgan fingerprint density at radius 1 is 0.968 bits per heavy atom. The molecule has 0 spiro atoms. The monoisotopic (exact) mass is 417 g/mol. The first-order valence-electron chi connectivity index (χ1n) is 10.6. The molecule has 1 aliphatic rings. The van der Waals surface area contributed by atoms with E-state index >= 15 is 0 Å². The Labute approximate surface area is 182 Å². The molecule has 0 aliphatic heterocycles. The summed E-state index contributed by atoms with van der Waals surface area (Å²) in [5, 5.41) is 23.3. The second-order valence-corrected chi connectivity index (χ2v) is 7.82. The molecule has 160 valence electrons. The van der Waals surface area contributed by atoms with Gasteiger partial charge < -0.3 is 20.3 Å². The molecule has 0 aromatic heterocycles. The van der Waals surface area contributed by atoms with Gasteiger partial charge in [0.15, 0.2) is 0 Å². The summed E-state index contributed by atoms with van der Waals surface area (Å²) < 4.78 is 5.47. The SMILES string of the molecule is CCc1cccc(C(O)C(O)CNC(=O)OCC2c3ccccc3-c3ccccc32)c1. The van der Waals surface area contributed by atoms with E-state index < -0.39 is 18.3 Å². The van der Waals surface area contributed by atoms with Crippen molar-refractivity contribution in [2.24, 2.45) is 0 Å². The van der Waals surface area contributed by atoms with Gasteiger partial charge in [0.25, 0.3) is 0 Å². The van der Waals surface area contributed by atoms with Crippen molar-refractivity contribution in [1.82, 2.24) is 5.32 Å². The summed E-state index contributed by atoms with van der Waals surface area (Å²) in [6.07, 6.45) is -1.99. The minimum atomic E-state index is -1.13. The molecule has 1 aliphatic carbocycles. The van der Waals surface area contributed by atoms with Crippen LogP contribution in [0.25, 0.3) is 11.1 Å². The van der Waals surface area contributed by atoms with Crippen LogP contribution < -0.4 is 5.32 Å². The number of ether oxygens (including phenoxy) is 1. The third kappa shape index (κ3) is 4.48. The van der Waals surface area contributed by atoms with Gasteiger partial charge in [-0.1, -0.05) is 79.7 Å². The minimum Gasteiger partial charge on any atom is -0.449 e. The third-order valence-electron chi connectivity index (χ3n) is 5.86. The molecule has 0 radical (unpaired) electrons. The van der Waals surface area contributed by atoms with Gasteiger partial charge in [0.2, 0.25) is 0 Å². The molecule has 1 amide bonds. The Balaban J connectivity index is 1.33. The van der Waals surface area contributed by atoms with Crippen LogP contribution >= 0.6 is 0 Å². The zero-order valence-electron chi connectivity index (χ0n) is 17.5. The first kappa shape index (κ1) is 21.1. The zero-order valence-corrected chi connectivity index (χ0v) is 17.5. The number of aliphatic hydroxyl groups is 2. The fourth-order valence-electron chi connectivity index (χ4n) is 4.17. The Kier molecular flexibility index (Phi) is 6.35. The molecule has 2 atom stereocenters. The third-order valence-corrected chi connectivity index (χ3v) is 5.86. The molecule has 3 N–H and O–H groups in total. The van der Waals surface area contributed by atoms with E-state index in [2.05, 4.69) is 29.6 Å². The Hall–Kier alpha value is -3.15. The van der Waals surface area contributed by atoms with Gasteiger partial charge in [0, 0.05) is 12.5 Å². The maximum absolute atomic E-state index is 12.3. The Bertz CT molecular complexity index is 1020. The number of carbonyl (C=O) groups is 1. The van der Waals surface area contributed by atoms with Crippen molar-refractivity contribution < 1.29 is 19.7 Å². The molecule has 31 heavy (non-hydrogen) atoms. The van der Waals surface area contributed by atoms with Gasteiger partial charge in [-0.3, -0.25) is 0 Å². The van der Waals surface area contributed by atoms with Crippen LogP contribution in [-0.2, 0) is 11.2 Å². The van der Waals surface area contributed by atoms with Crippen LogP contribution in [0.4, 0.5) is 4.79 Å². The van der Waals surface area contributed by atoms with Gasteiger partial charge in [-0.05, 0) is 39.8 Å². The first-order valence-corrected chi connectivity index (χ1v) is 10.6. The number of rotatable bonds is 7. The van der Waals surface area contributed by atoms with Crippen LogP contribution in [0.2, 0.25) is 0 Å². The average molecular weight is 418 g/mol. The van der Waals surface area contributed by atoms with Gasteiger partial charge in [0.05, 0.1) is 0 Å². The van der Waals surface area contributed by atoms with Gasteiger partial charge in [-0.2, -0.15) is 0 Å². The van der Waals surface area contributed by atoms with Crippen LogP contribution in [0, 0.1) is 0 Å². The Morgan fingerprint density at radius 3 is 2.26 bits per heavy atom. The van der Waals surface area contributed by atoms with Crippen molar-refractivity contribution in [1.29, 1.82) is 0 Å². The fraction of sp³-hybridized carbons (Fsp3) is 0.269. The molecule has 0 bridgehead atoms. The molecule has 3 aromatic carbocycles. The molecule has 5 heteroatoms. The van der Waals surface area contributed by atoms with E-state index in [1.165, 1.54) is 11.1 Å². The zero-order chi connectivity index (χ0) is 21.8. The molecular formula is C26H27NO4. The maximum atomic E-state index is 12.3. The van der Waals surface area contributed by atoms with Crippen LogP contribution in [0.1, 0.15) is 41.2 Å². The molecule has 2 unspecified atom stereocenters. The molecule has 3 aromatic rings. The quantitative estimate of drug-likeness (QED) is 0.539. The number of amides is 1. The molecule has 4 rings (SSSR count). The number of nitrogens with one attached hydrogen (secondary N) is 1. The number of hydrogen-bond donors (Lipinski definition) is 3. The standard InChI is InChI=1S/C26H27NO4/c1-2-17-8-7-9-18(14-17)25(29)24(28)15-27-26(30)31-16-23-21-12-5-3-10-19(21)20-11-4-6-13-22(20)23/h3-14,23-25,28-29H,2,15-16H2,1H3,(H,27,30). The molecule has 0 saturated heterocycles. The van der Waals surface area contributed by atoms with Gasteiger partial charge >= 0.3 is 6.09 Å². The highest BCUT2D eigenvalue weighted by molar-refractivity contribution is 5.79. The first-order chi connectivity index (χ1) is 15.1. The lowest BCUT2D eigenvalue weighted by atomic mass is 9.98. The van der Waals surface area contributed by atoms with Crippen molar-refractivity contribution in [2.45, 2.75) is 31.5 Å². The molecule has 0 fully saturated rings. The second kappa shape index (κ2) is 9.33. The van der Waals surface area contributed by atoms with E-state index in [1.807, 2.05) is 49.4 Å². The lowest BCUT2D eigenvalue weighted by molar-refractivity contribution is 0.0185. The predicted molar refractivity (Wildman–Crippen MR) is 120 cm³/mol. The van der Waals surface area contributed by atoms with Gasteiger partial charge in [-0.15, -0.1) is 0 Å². The number of fused-ring (bicyclic) bond motifs is 3. The summed E-state index contributed by atoms with van der Waals surface area (Å²) in [7, 11) is 0. The van der Waals surface area contributed by atoms with E-state index in [1.54, 1.807) is 6.07 Å². The highest BCUT2D eigenvalue weighted by atomic mass is 16.5. The largest absolute Gasteiger partial charge is 0.449 e. The molecular weight excluding hydrogens is 390 g/mol. The van der Waals surface area contributed by atoms with Crippen molar-refractivity contribution in [2.75, 3.05) is 13.2 Å². The second-order valence-electron chi connectivity index (χ2n) is 7.82. The van der Waals surface area contributed by atoms with E-state index in [0.717, 1.165) is 23.1 Å². The number of benzene rings is 3. The number of alkyl carbamates (subject to hydrolysis) is 1. The number of aliphatic hydroxyl groups excluding tert-OH is 2. The summed E-state index contributed by atoms with van der Waals surface area (Å²) in [5.41, 5.74) is 6.32. The predicted octanol–water partition coefficient (Wildman–Crippen LogP) is 4.18. The van der Waals surface area contributed by atoms with Crippen LogP contribution in [0.15, 0.2) is 72.8 Å². The summed E-state index contributed by atoms with van der Waals surface area (Å²) >= 11 is 0. The van der Waals surface area contributed by atoms with Crippen LogP contribution in [0.3, 0.4) is 0 Å².